The molecule has 2 aromatic rings. The predicted molar refractivity (Wildman–Crippen MR) is 68.8 cm³/mol. The van der Waals surface area contributed by atoms with Crippen LogP contribution in [0.25, 0.3) is 10.9 Å². The van der Waals surface area contributed by atoms with Crippen LogP contribution in [-0.4, -0.2) is 22.7 Å². The van der Waals surface area contributed by atoms with Crippen LogP contribution in [-0.2, 0) is 4.79 Å². The number of hydrogen-bond acceptors (Lipinski definition) is 3. The standard InChI is InChI=1S/C14H13NO3/c1-9(14(16)17)8-18-12-5-3-4-11-7-6-10(2)15-13(11)12/h3-7H,1,8H2,2H3,(H,16,17). The molecule has 0 saturated heterocycles. The van der Waals surface area contributed by atoms with Crippen LogP contribution >= 0.6 is 0 Å². The molecule has 0 fully saturated rings. The molecule has 0 aliphatic heterocycles. The summed E-state index contributed by atoms with van der Waals surface area (Å²) in [6.07, 6.45) is 0. The first-order chi connectivity index (χ1) is 8.58. The Bertz CT molecular complexity index is 619. The molecule has 0 atom stereocenters. The van der Waals surface area contributed by atoms with Crippen molar-refractivity contribution in [1.82, 2.24) is 4.98 Å². The number of carbonyl (C=O) groups is 1. The smallest absolute Gasteiger partial charge is 0.334 e. The van der Waals surface area contributed by atoms with Gasteiger partial charge in [0.05, 0.1) is 5.57 Å². The van der Waals surface area contributed by atoms with Crippen LogP contribution in [0.5, 0.6) is 5.75 Å². The molecule has 1 aromatic heterocycles. The number of aryl methyl sites for hydroxylation is 1. The van der Waals surface area contributed by atoms with Crippen molar-refractivity contribution in [3.05, 3.63) is 48.2 Å². The highest BCUT2D eigenvalue weighted by molar-refractivity contribution is 5.87. The first kappa shape index (κ1) is 12.1. The van der Waals surface area contributed by atoms with Crippen LogP contribution < -0.4 is 4.74 Å². The van der Waals surface area contributed by atoms with E-state index in [0.717, 1.165) is 16.6 Å². The summed E-state index contributed by atoms with van der Waals surface area (Å²) in [6, 6.07) is 9.42. The number of pyridine rings is 1. The number of fused-ring (bicyclic) bond motifs is 1. The normalized spacial score (nSPS) is 10.3. The molecule has 18 heavy (non-hydrogen) atoms. The monoisotopic (exact) mass is 243 g/mol. The molecule has 0 aliphatic rings. The van der Waals surface area contributed by atoms with Crippen LogP contribution in [0.4, 0.5) is 0 Å². The minimum absolute atomic E-state index is 0.0136. The maximum absolute atomic E-state index is 10.6. The maximum Gasteiger partial charge on any atom is 0.334 e. The molecule has 1 aromatic carbocycles. The Morgan fingerprint density at radius 3 is 2.89 bits per heavy atom. The van der Waals surface area contributed by atoms with Crippen LogP contribution in [0.15, 0.2) is 42.5 Å². The fourth-order valence-electron chi connectivity index (χ4n) is 1.56. The van der Waals surface area contributed by atoms with E-state index >= 15 is 0 Å². The van der Waals surface area contributed by atoms with Crippen molar-refractivity contribution in [3.63, 3.8) is 0 Å². The van der Waals surface area contributed by atoms with Gasteiger partial charge in [-0.2, -0.15) is 0 Å². The van der Waals surface area contributed by atoms with E-state index in [9.17, 15) is 4.79 Å². The molecule has 0 unspecified atom stereocenters. The molecule has 0 bridgehead atoms. The van der Waals surface area contributed by atoms with Gasteiger partial charge in [0.2, 0.25) is 0 Å². The summed E-state index contributed by atoms with van der Waals surface area (Å²) in [6.45, 7) is 5.27. The zero-order valence-electron chi connectivity index (χ0n) is 10.0. The summed E-state index contributed by atoms with van der Waals surface area (Å²) in [5.41, 5.74) is 1.63. The van der Waals surface area contributed by atoms with Gasteiger partial charge >= 0.3 is 5.97 Å². The lowest BCUT2D eigenvalue weighted by Crippen LogP contribution is -2.09. The average molecular weight is 243 g/mol. The minimum atomic E-state index is -1.06. The lowest BCUT2D eigenvalue weighted by atomic mass is 10.2. The van der Waals surface area contributed by atoms with Crippen molar-refractivity contribution >= 4 is 16.9 Å². The van der Waals surface area contributed by atoms with E-state index in [1.54, 1.807) is 6.07 Å². The van der Waals surface area contributed by atoms with E-state index in [4.69, 9.17) is 9.84 Å². The van der Waals surface area contributed by atoms with Gasteiger partial charge < -0.3 is 9.84 Å². The van der Waals surface area contributed by atoms with Crippen LogP contribution in [0.1, 0.15) is 5.69 Å². The number of carboxylic acids is 1. The van der Waals surface area contributed by atoms with Gasteiger partial charge in [-0.05, 0) is 19.1 Å². The Morgan fingerprint density at radius 1 is 1.39 bits per heavy atom. The molecular weight excluding hydrogens is 230 g/mol. The molecule has 0 spiro atoms. The van der Waals surface area contributed by atoms with E-state index in [2.05, 4.69) is 11.6 Å². The minimum Gasteiger partial charge on any atom is -0.486 e. The van der Waals surface area contributed by atoms with E-state index in [-0.39, 0.29) is 12.2 Å². The lowest BCUT2D eigenvalue weighted by molar-refractivity contribution is -0.133. The Morgan fingerprint density at radius 2 is 2.17 bits per heavy atom. The number of nitrogens with zero attached hydrogens (tertiary/aromatic N) is 1. The number of aliphatic carboxylic acids is 1. The van der Waals surface area contributed by atoms with Gasteiger partial charge in [-0.1, -0.05) is 24.8 Å². The molecular formula is C14H13NO3. The largest absolute Gasteiger partial charge is 0.486 e. The fourth-order valence-corrected chi connectivity index (χ4v) is 1.56. The van der Waals surface area contributed by atoms with Crippen molar-refractivity contribution in [2.75, 3.05) is 6.61 Å². The highest BCUT2D eigenvalue weighted by Crippen LogP contribution is 2.24. The second kappa shape index (κ2) is 4.87. The van der Waals surface area contributed by atoms with Crippen molar-refractivity contribution in [2.24, 2.45) is 0 Å². The van der Waals surface area contributed by atoms with Crippen molar-refractivity contribution in [2.45, 2.75) is 6.92 Å². The molecule has 0 aliphatic carbocycles. The van der Waals surface area contributed by atoms with Gasteiger partial charge in [0.15, 0.2) is 0 Å². The average Bonchev–Trinajstić information content (AvgIpc) is 2.35. The summed E-state index contributed by atoms with van der Waals surface area (Å²) in [5, 5.41) is 9.68. The second-order valence-corrected chi connectivity index (χ2v) is 3.98. The SMILES string of the molecule is C=C(COc1cccc2ccc(C)nc12)C(=O)O. The van der Waals surface area contributed by atoms with Gasteiger partial charge in [-0.25, -0.2) is 9.78 Å². The number of para-hydroxylation sites is 1. The van der Waals surface area contributed by atoms with Crippen LogP contribution in [0.2, 0.25) is 0 Å². The number of benzene rings is 1. The van der Waals surface area contributed by atoms with E-state index in [1.165, 1.54) is 0 Å². The molecule has 1 heterocycles. The summed E-state index contributed by atoms with van der Waals surface area (Å²) >= 11 is 0. The molecule has 0 amide bonds. The number of ether oxygens (including phenoxy) is 1. The maximum atomic E-state index is 10.6. The highest BCUT2D eigenvalue weighted by atomic mass is 16.5. The third-order valence-corrected chi connectivity index (χ3v) is 2.53. The summed E-state index contributed by atoms with van der Waals surface area (Å²) in [4.78, 5) is 15.0. The Balaban J connectivity index is 2.30. The van der Waals surface area contributed by atoms with Crippen LogP contribution in [0, 0.1) is 6.92 Å². The Hall–Kier alpha value is -2.36. The summed E-state index contributed by atoms with van der Waals surface area (Å²) in [5.74, 6) is -0.488. The molecule has 92 valence electrons. The Labute approximate surface area is 105 Å². The first-order valence-electron chi connectivity index (χ1n) is 5.48. The summed E-state index contributed by atoms with van der Waals surface area (Å²) < 4.78 is 5.45. The van der Waals surface area contributed by atoms with Crippen molar-refractivity contribution in [3.8, 4) is 5.75 Å². The number of carboxylic acid groups (broad SMARTS) is 1. The van der Waals surface area contributed by atoms with Gasteiger partial charge in [-0.15, -0.1) is 0 Å². The van der Waals surface area contributed by atoms with E-state index < -0.39 is 5.97 Å². The molecule has 0 saturated carbocycles. The zero-order valence-corrected chi connectivity index (χ0v) is 10.0. The number of aromatic nitrogens is 1. The first-order valence-corrected chi connectivity index (χ1v) is 5.48. The third kappa shape index (κ3) is 2.48. The summed E-state index contributed by atoms with van der Waals surface area (Å²) in [7, 11) is 0. The molecule has 4 heteroatoms. The quantitative estimate of drug-likeness (QED) is 0.838. The molecule has 4 nitrogen and oxygen atoms in total. The molecule has 0 radical (unpaired) electrons. The second-order valence-electron chi connectivity index (χ2n) is 3.98. The van der Waals surface area contributed by atoms with Crippen molar-refractivity contribution < 1.29 is 14.6 Å². The van der Waals surface area contributed by atoms with Crippen molar-refractivity contribution in [1.29, 1.82) is 0 Å². The molecule has 1 N–H and O–H groups in total. The number of hydrogen-bond donors (Lipinski definition) is 1. The van der Waals surface area contributed by atoms with Gasteiger partial charge in [0.1, 0.15) is 17.9 Å². The number of rotatable bonds is 4. The molecule has 2 rings (SSSR count). The van der Waals surface area contributed by atoms with Crippen LogP contribution in [0.3, 0.4) is 0 Å². The predicted octanol–water partition coefficient (Wildman–Crippen LogP) is 2.56. The van der Waals surface area contributed by atoms with Gasteiger partial charge in [0.25, 0.3) is 0 Å². The topological polar surface area (TPSA) is 59.4 Å². The van der Waals surface area contributed by atoms with E-state index in [0.29, 0.717) is 5.75 Å². The highest BCUT2D eigenvalue weighted by Gasteiger charge is 2.07. The fraction of sp³-hybridized carbons (Fsp3) is 0.143. The third-order valence-electron chi connectivity index (χ3n) is 2.53. The van der Waals surface area contributed by atoms with Gasteiger partial charge in [-0.3, -0.25) is 0 Å². The lowest BCUT2D eigenvalue weighted by Gasteiger charge is -2.08. The zero-order chi connectivity index (χ0) is 13.1. The van der Waals surface area contributed by atoms with Gasteiger partial charge in [0, 0.05) is 11.1 Å². The van der Waals surface area contributed by atoms with E-state index in [1.807, 2.05) is 31.2 Å². The Kier molecular flexibility index (Phi) is 3.28.